The summed E-state index contributed by atoms with van der Waals surface area (Å²) in [7, 11) is 0. The quantitative estimate of drug-likeness (QED) is 0.724. The normalized spacial score (nSPS) is 11.0. The van der Waals surface area contributed by atoms with Gasteiger partial charge in [-0.3, -0.25) is 0 Å². The molecule has 0 bridgehead atoms. The van der Waals surface area contributed by atoms with E-state index in [1.165, 1.54) is 6.07 Å². The van der Waals surface area contributed by atoms with Crippen LogP contribution in [0.25, 0.3) is 5.69 Å². The molecule has 0 aliphatic rings. The first kappa shape index (κ1) is 17.3. The van der Waals surface area contributed by atoms with Crippen molar-refractivity contribution in [1.29, 1.82) is 0 Å². The predicted molar refractivity (Wildman–Crippen MR) is 95.9 cm³/mol. The number of aliphatic hydroxyl groups is 1. The number of nitrogens with one attached hydrogen (secondary N) is 1. The van der Waals surface area contributed by atoms with Crippen molar-refractivity contribution in [2.75, 3.05) is 0 Å². The Labute approximate surface area is 146 Å². The number of nitrogens with zero attached hydrogens (tertiary/aromatic N) is 2. The first-order chi connectivity index (χ1) is 12.1. The van der Waals surface area contributed by atoms with Crippen molar-refractivity contribution >= 4 is 0 Å². The van der Waals surface area contributed by atoms with Gasteiger partial charge in [-0.1, -0.05) is 24.3 Å². The second kappa shape index (κ2) is 7.59. The van der Waals surface area contributed by atoms with Gasteiger partial charge in [-0.2, -0.15) is 5.10 Å². The summed E-state index contributed by atoms with van der Waals surface area (Å²) in [5.74, 6) is -0.373. The van der Waals surface area contributed by atoms with Gasteiger partial charge in [0.2, 0.25) is 0 Å². The molecular formula is C20H22FN3O. The average molecular weight is 339 g/mol. The number of halogens is 1. The molecule has 3 aromatic rings. The molecule has 0 aliphatic heterocycles. The Balaban J connectivity index is 1.71. The maximum atomic E-state index is 13.4. The molecule has 3 rings (SSSR count). The first-order valence-corrected chi connectivity index (χ1v) is 8.29. The van der Waals surface area contributed by atoms with Crippen LogP contribution in [-0.2, 0) is 19.7 Å². The largest absolute Gasteiger partial charge is 0.392 e. The van der Waals surface area contributed by atoms with Gasteiger partial charge in [0.25, 0.3) is 0 Å². The molecule has 4 nitrogen and oxygen atoms in total. The molecule has 1 heterocycles. The van der Waals surface area contributed by atoms with Crippen LogP contribution < -0.4 is 5.32 Å². The first-order valence-electron chi connectivity index (χ1n) is 8.29. The van der Waals surface area contributed by atoms with Crippen LogP contribution in [0.3, 0.4) is 0 Å². The smallest absolute Gasteiger partial charge is 0.128 e. The topological polar surface area (TPSA) is 50.1 Å². The van der Waals surface area contributed by atoms with Crippen LogP contribution in [-0.4, -0.2) is 14.9 Å². The highest BCUT2D eigenvalue weighted by Crippen LogP contribution is 2.18. The Morgan fingerprint density at radius 2 is 1.84 bits per heavy atom. The van der Waals surface area contributed by atoms with Gasteiger partial charge >= 0.3 is 0 Å². The van der Waals surface area contributed by atoms with E-state index >= 15 is 0 Å². The van der Waals surface area contributed by atoms with Crippen LogP contribution in [0, 0.1) is 19.7 Å². The van der Waals surface area contributed by atoms with Crippen LogP contribution in [0.1, 0.15) is 28.1 Å². The summed E-state index contributed by atoms with van der Waals surface area (Å²) < 4.78 is 15.4. The number of rotatable bonds is 6. The van der Waals surface area contributed by atoms with Gasteiger partial charge < -0.3 is 10.4 Å². The summed E-state index contributed by atoms with van der Waals surface area (Å²) in [5, 5.41) is 17.2. The van der Waals surface area contributed by atoms with Gasteiger partial charge in [-0.15, -0.1) is 0 Å². The Morgan fingerprint density at radius 1 is 1.08 bits per heavy atom. The molecule has 0 saturated heterocycles. The van der Waals surface area contributed by atoms with Gasteiger partial charge in [0.15, 0.2) is 0 Å². The summed E-state index contributed by atoms with van der Waals surface area (Å²) in [5.41, 5.74) is 5.56. The summed E-state index contributed by atoms with van der Waals surface area (Å²) in [6, 6.07) is 14.9. The van der Waals surface area contributed by atoms with Gasteiger partial charge in [-0.05, 0) is 43.7 Å². The third-order valence-electron chi connectivity index (χ3n) is 4.35. The van der Waals surface area contributed by atoms with E-state index in [4.69, 9.17) is 5.11 Å². The molecule has 0 spiro atoms. The van der Waals surface area contributed by atoms with Gasteiger partial charge in [-0.25, -0.2) is 9.07 Å². The predicted octanol–water partition coefficient (Wildman–Crippen LogP) is 3.41. The second-order valence-electron chi connectivity index (χ2n) is 6.08. The maximum Gasteiger partial charge on any atom is 0.128 e. The number of aryl methyl sites for hydroxylation is 1. The van der Waals surface area contributed by atoms with Crippen molar-refractivity contribution in [3.8, 4) is 5.69 Å². The highest BCUT2D eigenvalue weighted by atomic mass is 19.1. The van der Waals surface area contributed by atoms with Crippen LogP contribution in [0.5, 0.6) is 0 Å². The molecule has 0 fully saturated rings. The number of hydrogen-bond donors (Lipinski definition) is 2. The third-order valence-corrected chi connectivity index (χ3v) is 4.35. The molecule has 0 saturated carbocycles. The van der Waals surface area contributed by atoms with Crippen LogP contribution in [0.4, 0.5) is 4.39 Å². The van der Waals surface area contributed by atoms with Crippen LogP contribution in [0.2, 0.25) is 0 Å². The third kappa shape index (κ3) is 3.78. The van der Waals surface area contributed by atoms with Gasteiger partial charge in [0.1, 0.15) is 5.82 Å². The SMILES string of the molecule is Cc1nn(-c2ccccc2)c(C)c1CNCc1ccc(F)c(CO)c1. The lowest BCUT2D eigenvalue weighted by Crippen LogP contribution is -2.14. The fourth-order valence-corrected chi connectivity index (χ4v) is 2.94. The number of aromatic nitrogens is 2. The van der Waals surface area contributed by atoms with Crippen molar-refractivity contribution in [2.24, 2.45) is 0 Å². The van der Waals surface area contributed by atoms with E-state index in [0.29, 0.717) is 18.7 Å². The summed E-state index contributed by atoms with van der Waals surface area (Å²) in [6.07, 6.45) is 0. The highest BCUT2D eigenvalue weighted by Gasteiger charge is 2.12. The highest BCUT2D eigenvalue weighted by molar-refractivity contribution is 5.37. The summed E-state index contributed by atoms with van der Waals surface area (Å²) in [4.78, 5) is 0. The monoisotopic (exact) mass is 339 g/mol. The zero-order valence-corrected chi connectivity index (χ0v) is 14.5. The maximum absolute atomic E-state index is 13.4. The molecule has 130 valence electrons. The van der Waals surface area contributed by atoms with E-state index in [0.717, 1.165) is 28.2 Å². The molecule has 0 atom stereocenters. The molecular weight excluding hydrogens is 317 g/mol. The van der Waals surface area contributed by atoms with E-state index in [9.17, 15) is 4.39 Å². The minimum atomic E-state index is -0.373. The molecule has 0 unspecified atom stereocenters. The molecule has 5 heteroatoms. The van der Waals surface area contributed by atoms with Gasteiger partial charge in [0, 0.05) is 29.9 Å². The van der Waals surface area contributed by atoms with Crippen molar-refractivity contribution in [3.05, 3.63) is 82.4 Å². The fourth-order valence-electron chi connectivity index (χ4n) is 2.94. The van der Waals surface area contributed by atoms with Crippen molar-refractivity contribution in [1.82, 2.24) is 15.1 Å². The average Bonchev–Trinajstić information content (AvgIpc) is 2.92. The molecule has 25 heavy (non-hydrogen) atoms. The van der Waals surface area contributed by atoms with Crippen molar-refractivity contribution in [2.45, 2.75) is 33.5 Å². The van der Waals surface area contributed by atoms with E-state index < -0.39 is 0 Å². The minimum absolute atomic E-state index is 0.290. The zero-order chi connectivity index (χ0) is 17.8. The van der Waals surface area contributed by atoms with Crippen molar-refractivity contribution in [3.63, 3.8) is 0 Å². The van der Waals surface area contributed by atoms with Crippen LogP contribution >= 0.6 is 0 Å². The number of aliphatic hydroxyl groups excluding tert-OH is 1. The zero-order valence-electron chi connectivity index (χ0n) is 14.5. The Hall–Kier alpha value is -2.50. The minimum Gasteiger partial charge on any atom is -0.392 e. The number of hydrogen-bond acceptors (Lipinski definition) is 3. The Morgan fingerprint density at radius 3 is 2.56 bits per heavy atom. The lowest BCUT2D eigenvalue weighted by atomic mass is 10.1. The molecule has 2 aromatic carbocycles. The lowest BCUT2D eigenvalue weighted by Gasteiger charge is -2.08. The molecule has 1 aromatic heterocycles. The van der Waals surface area contributed by atoms with Crippen LogP contribution in [0.15, 0.2) is 48.5 Å². The van der Waals surface area contributed by atoms with E-state index in [1.807, 2.05) is 41.9 Å². The molecule has 0 aliphatic carbocycles. The molecule has 0 amide bonds. The summed E-state index contributed by atoms with van der Waals surface area (Å²) >= 11 is 0. The molecule has 2 N–H and O–H groups in total. The standard InChI is InChI=1S/C20H22FN3O/c1-14-19(15(2)24(23-14)18-6-4-3-5-7-18)12-22-11-16-8-9-20(21)17(10-16)13-25/h3-10,22,25H,11-13H2,1-2H3. The lowest BCUT2D eigenvalue weighted by molar-refractivity contribution is 0.275. The van der Waals surface area contributed by atoms with E-state index in [2.05, 4.69) is 17.3 Å². The fraction of sp³-hybridized carbons (Fsp3) is 0.250. The molecule has 0 radical (unpaired) electrons. The van der Waals surface area contributed by atoms with E-state index in [1.54, 1.807) is 12.1 Å². The van der Waals surface area contributed by atoms with Crippen molar-refractivity contribution < 1.29 is 9.50 Å². The summed E-state index contributed by atoms with van der Waals surface area (Å²) in [6.45, 7) is 5.05. The number of para-hydroxylation sites is 1. The van der Waals surface area contributed by atoms with Gasteiger partial charge in [0.05, 0.1) is 18.0 Å². The Bertz CT molecular complexity index is 859. The Kier molecular flexibility index (Phi) is 5.26. The number of benzene rings is 2. The van der Waals surface area contributed by atoms with E-state index in [-0.39, 0.29) is 12.4 Å². The second-order valence-corrected chi connectivity index (χ2v) is 6.08.